The second-order valence-corrected chi connectivity index (χ2v) is 5.22. The van der Waals surface area contributed by atoms with Gasteiger partial charge in [-0.15, -0.1) is 0 Å². The van der Waals surface area contributed by atoms with Gasteiger partial charge in [0, 0.05) is 0 Å². The first-order valence-corrected chi connectivity index (χ1v) is 6.73. The van der Waals surface area contributed by atoms with Crippen LogP contribution >= 0.6 is 19.2 Å². The first kappa shape index (κ1) is 14.8. The number of carboxylic acids is 1. The molecule has 0 unspecified atom stereocenters. The first-order valence-electron chi connectivity index (χ1n) is 4.74. The van der Waals surface area contributed by atoms with Crippen molar-refractivity contribution in [3.63, 3.8) is 0 Å². The first-order chi connectivity index (χ1) is 8.20. The van der Waals surface area contributed by atoms with Crippen LogP contribution in [0.5, 0.6) is 5.75 Å². The predicted octanol–water partition coefficient (Wildman–Crippen LogP) is 0.822. The summed E-state index contributed by atoms with van der Waals surface area (Å²) in [5.41, 5.74) is 4.63. The SMILES string of the molecule is CCOc1c(C(=O)O)cc(Cl)c(N)c1P(=O)(O)O. The molecule has 0 aliphatic heterocycles. The Labute approximate surface area is 107 Å². The summed E-state index contributed by atoms with van der Waals surface area (Å²) in [5, 5.41) is 8.01. The summed E-state index contributed by atoms with van der Waals surface area (Å²) in [6.07, 6.45) is 0. The summed E-state index contributed by atoms with van der Waals surface area (Å²) >= 11 is 5.65. The van der Waals surface area contributed by atoms with Crippen LogP contribution < -0.4 is 15.8 Å². The van der Waals surface area contributed by atoms with Crippen LogP contribution in [0.4, 0.5) is 5.69 Å². The smallest absolute Gasteiger partial charge is 0.362 e. The van der Waals surface area contributed by atoms with E-state index in [-0.39, 0.29) is 11.6 Å². The minimum Gasteiger partial charge on any atom is -0.492 e. The van der Waals surface area contributed by atoms with Crippen molar-refractivity contribution in [2.75, 3.05) is 12.3 Å². The third-order valence-electron chi connectivity index (χ3n) is 2.05. The van der Waals surface area contributed by atoms with Crippen molar-refractivity contribution in [2.24, 2.45) is 0 Å². The lowest BCUT2D eigenvalue weighted by Gasteiger charge is -2.17. The number of halogens is 1. The molecule has 1 aromatic rings. The van der Waals surface area contributed by atoms with E-state index in [1.165, 1.54) is 0 Å². The summed E-state index contributed by atoms with van der Waals surface area (Å²) in [4.78, 5) is 29.4. The molecule has 5 N–H and O–H groups in total. The highest BCUT2D eigenvalue weighted by molar-refractivity contribution is 7.61. The zero-order valence-electron chi connectivity index (χ0n) is 9.25. The van der Waals surface area contributed by atoms with Crippen molar-refractivity contribution in [3.05, 3.63) is 16.7 Å². The molecule has 0 saturated carbocycles. The highest BCUT2D eigenvalue weighted by atomic mass is 35.5. The zero-order chi connectivity index (χ0) is 14.1. The fraction of sp³-hybridized carbons (Fsp3) is 0.222. The van der Waals surface area contributed by atoms with Gasteiger partial charge in [0.15, 0.2) is 5.75 Å². The normalized spacial score (nSPS) is 11.3. The zero-order valence-corrected chi connectivity index (χ0v) is 10.9. The Morgan fingerprint density at radius 1 is 1.56 bits per heavy atom. The lowest BCUT2D eigenvalue weighted by atomic mass is 10.2. The van der Waals surface area contributed by atoms with E-state index >= 15 is 0 Å². The molecule has 0 fully saturated rings. The average molecular weight is 296 g/mol. The van der Waals surface area contributed by atoms with Crippen LogP contribution in [0, 0.1) is 0 Å². The van der Waals surface area contributed by atoms with Crippen LogP contribution in [-0.4, -0.2) is 27.5 Å². The Kier molecular flexibility index (Phi) is 4.24. The monoisotopic (exact) mass is 295 g/mol. The van der Waals surface area contributed by atoms with Crippen LogP contribution in [0.3, 0.4) is 0 Å². The van der Waals surface area contributed by atoms with Gasteiger partial charge in [-0.05, 0) is 13.0 Å². The van der Waals surface area contributed by atoms with E-state index < -0.39 is 35.9 Å². The second-order valence-electron chi connectivity index (χ2n) is 3.28. The van der Waals surface area contributed by atoms with Gasteiger partial charge in [0.05, 0.1) is 17.3 Å². The summed E-state index contributed by atoms with van der Waals surface area (Å²) in [5.74, 6) is -1.88. The molecule has 0 bridgehead atoms. The number of aromatic carboxylic acids is 1. The predicted molar refractivity (Wildman–Crippen MR) is 65.7 cm³/mol. The molecule has 0 saturated heterocycles. The lowest BCUT2D eigenvalue weighted by molar-refractivity contribution is 0.0693. The van der Waals surface area contributed by atoms with Crippen molar-refractivity contribution in [3.8, 4) is 5.75 Å². The van der Waals surface area contributed by atoms with Crippen LogP contribution in [-0.2, 0) is 4.57 Å². The Morgan fingerprint density at radius 2 is 2.11 bits per heavy atom. The molecule has 0 aliphatic carbocycles. The van der Waals surface area contributed by atoms with Crippen molar-refractivity contribution in [1.29, 1.82) is 0 Å². The maximum atomic E-state index is 11.4. The standard InChI is InChI=1S/C9H11ClNO6P/c1-2-17-7-4(9(12)13)3-5(10)6(11)8(7)18(14,15)16/h3H,2,11H2,1H3,(H,12,13)(H2,14,15,16). The molecule has 1 rings (SSSR count). The molecular formula is C9H11ClNO6P. The number of carboxylic acid groups (broad SMARTS) is 1. The quantitative estimate of drug-likeness (QED) is 0.478. The van der Waals surface area contributed by atoms with E-state index in [4.69, 9.17) is 27.2 Å². The third kappa shape index (κ3) is 2.76. The van der Waals surface area contributed by atoms with Crippen molar-refractivity contribution >= 4 is 36.2 Å². The number of nitrogen functional groups attached to an aromatic ring is 1. The molecule has 100 valence electrons. The van der Waals surface area contributed by atoms with Crippen LogP contribution in [0.25, 0.3) is 0 Å². The van der Waals surface area contributed by atoms with Gasteiger partial charge in [-0.1, -0.05) is 11.6 Å². The molecule has 0 aliphatic rings. The number of benzene rings is 1. The van der Waals surface area contributed by atoms with Gasteiger partial charge in [-0.3, -0.25) is 4.57 Å². The van der Waals surface area contributed by atoms with E-state index in [1.807, 2.05) is 0 Å². The second kappa shape index (κ2) is 5.16. The van der Waals surface area contributed by atoms with Gasteiger partial charge in [0.2, 0.25) is 0 Å². The van der Waals surface area contributed by atoms with E-state index in [1.54, 1.807) is 6.92 Å². The fourth-order valence-corrected chi connectivity index (χ4v) is 2.52. The third-order valence-corrected chi connectivity index (χ3v) is 3.39. The number of carbonyl (C=O) groups is 1. The van der Waals surface area contributed by atoms with Crippen LogP contribution in [0.1, 0.15) is 17.3 Å². The Morgan fingerprint density at radius 3 is 2.50 bits per heavy atom. The molecule has 1 aromatic carbocycles. The van der Waals surface area contributed by atoms with E-state index in [0.717, 1.165) is 6.07 Å². The van der Waals surface area contributed by atoms with E-state index in [2.05, 4.69) is 0 Å². The molecule has 9 heteroatoms. The minimum atomic E-state index is -4.81. The Bertz CT molecular complexity index is 540. The average Bonchev–Trinajstić information content (AvgIpc) is 2.21. The van der Waals surface area contributed by atoms with Crippen LogP contribution in [0.2, 0.25) is 5.02 Å². The summed E-state index contributed by atoms with van der Waals surface area (Å²) in [6, 6.07) is 0.989. The Hall–Kier alpha value is -1.27. The minimum absolute atomic E-state index is 0.0222. The van der Waals surface area contributed by atoms with Gasteiger partial charge in [-0.25, -0.2) is 4.79 Å². The highest BCUT2D eigenvalue weighted by Crippen LogP contribution is 2.43. The molecule has 0 atom stereocenters. The molecule has 18 heavy (non-hydrogen) atoms. The highest BCUT2D eigenvalue weighted by Gasteiger charge is 2.31. The van der Waals surface area contributed by atoms with E-state index in [9.17, 15) is 19.1 Å². The topological polar surface area (TPSA) is 130 Å². The van der Waals surface area contributed by atoms with Gasteiger partial charge < -0.3 is 25.4 Å². The summed E-state index contributed by atoms with van der Waals surface area (Å²) < 4.78 is 16.3. The lowest BCUT2D eigenvalue weighted by Crippen LogP contribution is -2.19. The van der Waals surface area contributed by atoms with Gasteiger partial charge in [0.1, 0.15) is 10.9 Å². The molecule has 0 amide bonds. The van der Waals surface area contributed by atoms with Gasteiger partial charge in [0.25, 0.3) is 0 Å². The number of hydrogen-bond acceptors (Lipinski definition) is 4. The van der Waals surface area contributed by atoms with Crippen molar-refractivity contribution in [2.45, 2.75) is 6.92 Å². The Balaban J connectivity index is 3.74. The van der Waals surface area contributed by atoms with Crippen molar-refractivity contribution < 1.29 is 29.0 Å². The maximum absolute atomic E-state index is 11.4. The molecule has 0 spiro atoms. The van der Waals surface area contributed by atoms with E-state index in [0.29, 0.717) is 0 Å². The molecular weight excluding hydrogens is 285 g/mol. The number of anilines is 1. The largest absolute Gasteiger partial charge is 0.492 e. The maximum Gasteiger partial charge on any atom is 0.362 e. The molecule has 0 aromatic heterocycles. The van der Waals surface area contributed by atoms with Crippen molar-refractivity contribution in [1.82, 2.24) is 0 Å². The van der Waals surface area contributed by atoms with Gasteiger partial charge in [-0.2, -0.15) is 0 Å². The summed E-state index contributed by atoms with van der Waals surface area (Å²) in [7, 11) is -4.81. The number of rotatable bonds is 4. The molecule has 7 nitrogen and oxygen atoms in total. The number of hydrogen-bond donors (Lipinski definition) is 4. The number of ether oxygens (including phenoxy) is 1. The van der Waals surface area contributed by atoms with Gasteiger partial charge >= 0.3 is 13.6 Å². The molecule has 0 radical (unpaired) electrons. The fourth-order valence-electron chi connectivity index (χ4n) is 1.37. The molecule has 0 heterocycles. The summed E-state index contributed by atoms with van der Waals surface area (Å²) in [6.45, 7) is 1.56. The van der Waals surface area contributed by atoms with Crippen LogP contribution in [0.15, 0.2) is 6.07 Å². The number of nitrogens with two attached hydrogens (primary N) is 1.